The number of aromatic nitrogens is 3. The zero-order valence-corrected chi connectivity index (χ0v) is 27.9. The van der Waals surface area contributed by atoms with Crippen LogP contribution in [0.15, 0.2) is 53.8 Å². The zero-order valence-electron chi connectivity index (χ0n) is 27.0. The van der Waals surface area contributed by atoms with Crippen molar-refractivity contribution in [1.82, 2.24) is 19.7 Å². The van der Waals surface area contributed by atoms with E-state index in [2.05, 4.69) is 26.9 Å². The van der Waals surface area contributed by atoms with E-state index in [0.717, 1.165) is 6.42 Å². The van der Waals surface area contributed by atoms with Crippen LogP contribution in [0, 0.1) is 5.41 Å². The minimum absolute atomic E-state index is 0.0769. The van der Waals surface area contributed by atoms with E-state index in [4.69, 9.17) is 33.7 Å². The Labute approximate surface area is 268 Å². The standard InChI is InChI=1S/C31H43N6O8P/c1-8-29(3,4)18-40-28(38)20(2)36-46(39,45-21-12-10-9-11-13-21)41-16-23-25-26(44-30(5,6)43-25)31(42-23,17-33-7)24-15-14-22-27(32)34-19-35-37(22)24/h9-15,19-20,23,25-26H,7-8,16-18H2,1-6H3,(H,36,39)(H2,32,34,35)/t20-,23+,25+,26+,31-,46?/m0/s1. The van der Waals surface area contributed by atoms with E-state index in [0.29, 0.717) is 11.2 Å². The Morgan fingerprint density at radius 1 is 1.22 bits per heavy atom. The predicted octanol–water partition coefficient (Wildman–Crippen LogP) is 4.29. The number of nitrogens with zero attached hydrogens (tertiary/aromatic N) is 4. The zero-order chi connectivity index (χ0) is 33.3. The second-order valence-corrected chi connectivity index (χ2v) is 14.5. The highest BCUT2D eigenvalue weighted by molar-refractivity contribution is 7.52. The Bertz CT molecular complexity index is 1600. The van der Waals surface area contributed by atoms with Gasteiger partial charge in [-0.15, -0.1) is 0 Å². The third kappa shape index (κ3) is 6.97. The summed E-state index contributed by atoms with van der Waals surface area (Å²) in [7, 11) is -4.21. The average Bonchev–Trinajstić information content (AvgIpc) is 3.67. The normalized spacial score (nSPS) is 25.9. The molecule has 3 aromatic rings. The molecule has 1 aromatic carbocycles. The van der Waals surface area contributed by atoms with Crippen molar-refractivity contribution in [3.05, 3.63) is 54.5 Å². The predicted molar refractivity (Wildman–Crippen MR) is 170 cm³/mol. The average molecular weight is 659 g/mol. The van der Waals surface area contributed by atoms with Crippen LogP contribution in [0.5, 0.6) is 5.75 Å². The number of hydrogen-bond donors (Lipinski definition) is 2. The molecule has 2 saturated heterocycles. The third-order valence-corrected chi connectivity index (χ3v) is 9.87. The Hall–Kier alpha value is -3.39. The van der Waals surface area contributed by atoms with Gasteiger partial charge in [-0.3, -0.25) is 14.3 Å². The van der Waals surface area contributed by atoms with E-state index < -0.39 is 49.5 Å². The lowest BCUT2D eigenvalue weighted by Crippen LogP contribution is -2.44. The minimum Gasteiger partial charge on any atom is -0.464 e. The smallest absolute Gasteiger partial charge is 0.459 e. The highest BCUT2D eigenvalue weighted by Crippen LogP contribution is 2.52. The molecule has 2 aliphatic rings. The van der Waals surface area contributed by atoms with Crippen LogP contribution in [-0.4, -0.2) is 77.2 Å². The molecule has 2 aromatic heterocycles. The molecule has 0 radical (unpaired) electrons. The molecular weight excluding hydrogens is 615 g/mol. The van der Waals surface area contributed by atoms with Gasteiger partial charge >= 0.3 is 13.7 Å². The van der Waals surface area contributed by atoms with Gasteiger partial charge in [0.15, 0.2) is 17.2 Å². The van der Waals surface area contributed by atoms with Gasteiger partial charge in [-0.05, 0) is 63.6 Å². The first-order chi connectivity index (χ1) is 21.7. The number of esters is 1. The van der Waals surface area contributed by atoms with Crippen molar-refractivity contribution in [2.45, 2.75) is 83.7 Å². The van der Waals surface area contributed by atoms with E-state index in [1.807, 2.05) is 26.8 Å². The number of aliphatic imine (C=N–C) groups is 1. The molecule has 0 aliphatic carbocycles. The molecule has 6 atom stereocenters. The van der Waals surface area contributed by atoms with Crippen LogP contribution in [0.4, 0.5) is 5.82 Å². The summed E-state index contributed by atoms with van der Waals surface area (Å²) in [5.74, 6) is -1.01. The van der Waals surface area contributed by atoms with E-state index in [-0.39, 0.29) is 36.7 Å². The minimum atomic E-state index is -4.21. The number of rotatable bonds is 14. The number of para-hydroxylation sites is 1. The van der Waals surface area contributed by atoms with Gasteiger partial charge in [0.1, 0.15) is 41.9 Å². The van der Waals surface area contributed by atoms with Crippen LogP contribution in [-0.2, 0) is 38.4 Å². The van der Waals surface area contributed by atoms with E-state index in [1.165, 1.54) is 13.3 Å². The monoisotopic (exact) mass is 658 g/mol. The fourth-order valence-corrected chi connectivity index (χ4v) is 6.98. The Balaban J connectivity index is 1.42. The molecule has 46 heavy (non-hydrogen) atoms. The maximum absolute atomic E-state index is 14.3. The first-order valence-electron chi connectivity index (χ1n) is 15.2. The number of anilines is 1. The SMILES string of the molecule is C=NC[C@@]1(c2ccc3c(N)ncnn23)O[C@H](COP(=O)(N[C@@H](C)C(=O)OCC(C)(C)CC)Oc2ccccc2)[C@H]2OC(C)(C)O[C@H]21. The van der Waals surface area contributed by atoms with Gasteiger partial charge in [-0.25, -0.2) is 14.1 Å². The molecular formula is C31H43N6O8P. The van der Waals surface area contributed by atoms with Gasteiger partial charge in [-0.2, -0.15) is 10.2 Å². The molecule has 2 aliphatic heterocycles. The van der Waals surface area contributed by atoms with Crippen molar-refractivity contribution in [2.75, 3.05) is 25.5 Å². The number of nitrogens with two attached hydrogens (primary N) is 1. The molecule has 2 fully saturated rings. The van der Waals surface area contributed by atoms with Gasteiger partial charge in [0.25, 0.3) is 0 Å². The summed E-state index contributed by atoms with van der Waals surface area (Å²) < 4.78 is 52.8. The molecule has 3 N–H and O–H groups in total. The molecule has 0 spiro atoms. The number of fused-ring (bicyclic) bond motifs is 2. The molecule has 5 rings (SSSR count). The quantitative estimate of drug-likeness (QED) is 0.143. The summed E-state index contributed by atoms with van der Waals surface area (Å²) in [4.78, 5) is 21.2. The number of carbonyl (C=O) groups is 1. The van der Waals surface area contributed by atoms with E-state index in [1.54, 1.807) is 54.8 Å². The molecule has 0 bridgehead atoms. The third-order valence-electron chi connectivity index (χ3n) is 8.22. The molecule has 250 valence electrons. The Kier molecular flexibility index (Phi) is 9.61. The fourth-order valence-electron chi connectivity index (χ4n) is 5.47. The number of nitrogen functional groups attached to an aromatic ring is 1. The van der Waals surface area contributed by atoms with Crippen LogP contribution in [0.3, 0.4) is 0 Å². The lowest BCUT2D eigenvalue weighted by atomic mass is 9.91. The summed E-state index contributed by atoms with van der Waals surface area (Å²) in [6.07, 6.45) is -0.0168. The maximum atomic E-state index is 14.3. The Morgan fingerprint density at radius 2 is 1.96 bits per heavy atom. The largest absolute Gasteiger partial charge is 0.464 e. The molecule has 14 nitrogen and oxygen atoms in total. The molecule has 15 heteroatoms. The number of nitrogens with one attached hydrogen (secondary N) is 1. The fraction of sp³-hybridized carbons (Fsp3) is 0.548. The van der Waals surface area contributed by atoms with Crippen LogP contribution >= 0.6 is 7.75 Å². The summed E-state index contributed by atoms with van der Waals surface area (Å²) >= 11 is 0. The van der Waals surface area contributed by atoms with E-state index >= 15 is 0 Å². The van der Waals surface area contributed by atoms with Crippen molar-refractivity contribution in [1.29, 1.82) is 0 Å². The van der Waals surface area contributed by atoms with Crippen molar-refractivity contribution in [2.24, 2.45) is 10.4 Å². The summed E-state index contributed by atoms with van der Waals surface area (Å²) in [6, 6.07) is 11.1. The highest BCUT2D eigenvalue weighted by Gasteiger charge is 2.64. The van der Waals surface area contributed by atoms with Crippen LogP contribution in [0.25, 0.3) is 5.52 Å². The summed E-state index contributed by atoms with van der Waals surface area (Å²) in [6.45, 7) is 14.9. The van der Waals surface area contributed by atoms with Gasteiger partial charge in [0.2, 0.25) is 0 Å². The van der Waals surface area contributed by atoms with Crippen LogP contribution in [0.1, 0.15) is 53.7 Å². The lowest BCUT2D eigenvalue weighted by Gasteiger charge is -2.33. The first-order valence-corrected chi connectivity index (χ1v) is 16.7. The van der Waals surface area contributed by atoms with Crippen molar-refractivity contribution in [3.63, 3.8) is 0 Å². The lowest BCUT2D eigenvalue weighted by molar-refractivity contribution is -0.213. The van der Waals surface area contributed by atoms with Crippen LogP contribution in [0.2, 0.25) is 0 Å². The van der Waals surface area contributed by atoms with Gasteiger partial charge in [0.05, 0.1) is 25.5 Å². The molecule has 4 heterocycles. The topological polar surface area (TPSA) is 170 Å². The maximum Gasteiger partial charge on any atom is 0.459 e. The van der Waals surface area contributed by atoms with Crippen molar-refractivity contribution < 1.29 is 37.4 Å². The van der Waals surface area contributed by atoms with Gasteiger partial charge in [0, 0.05) is 0 Å². The van der Waals surface area contributed by atoms with Crippen molar-refractivity contribution >= 4 is 31.8 Å². The Morgan fingerprint density at radius 3 is 2.65 bits per heavy atom. The highest BCUT2D eigenvalue weighted by atomic mass is 31.2. The number of hydrogen-bond acceptors (Lipinski definition) is 12. The van der Waals surface area contributed by atoms with Gasteiger partial charge in [-0.1, -0.05) is 39.0 Å². The molecule has 0 amide bonds. The number of benzene rings is 1. The molecule has 1 unspecified atom stereocenters. The first kappa shape index (κ1) is 34.0. The van der Waals surface area contributed by atoms with Crippen LogP contribution < -0.4 is 15.3 Å². The summed E-state index contributed by atoms with van der Waals surface area (Å²) in [5, 5.41) is 7.15. The molecule has 0 saturated carbocycles. The van der Waals surface area contributed by atoms with Gasteiger partial charge < -0.3 is 29.2 Å². The second-order valence-electron chi connectivity index (χ2n) is 12.8. The number of ether oxygens (including phenoxy) is 4. The number of carbonyl (C=O) groups excluding carboxylic acids is 1. The van der Waals surface area contributed by atoms with E-state index in [9.17, 15) is 9.36 Å². The van der Waals surface area contributed by atoms with Crippen molar-refractivity contribution in [3.8, 4) is 5.75 Å². The summed E-state index contributed by atoms with van der Waals surface area (Å²) in [5.41, 5.74) is 5.85. The second kappa shape index (κ2) is 13.0.